The molecule has 1 saturated heterocycles. The first-order valence-corrected chi connectivity index (χ1v) is 10.7. The van der Waals surface area contributed by atoms with Crippen LogP contribution in [0.1, 0.15) is 19.7 Å². The van der Waals surface area contributed by atoms with E-state index in [1.54, 1.807) is 6.92 Å². The van der Waals surface area contributed by atoms with Gasteiger partial charge in [-0.05, 0) is 36.4 Å². The molecule has 1 amide bonds. The first kappa shape index (κ1) is 21.9. The van der Waals surface area contributed by atoms with E-state index in [0.717, 1.165) is 66.3 Å². The van der Waals surface area contributed by atoms with Gasteiger partial charge in [0.15, 0.2) is 11.4 Å². The Labute approximate surface area is 192 Å². The van der Waals surface area contributed by atoms with E-state index in [0.29, 0.717) is 11.4 Å². The standard InChI is InChI=1S/C24H25N5O2.ClH/c1-3-21-26-22-19-6-4-5-7-20(19)31-23(22)24(27-21)25-17-8-10-18(11-9-17)29-14-12-28(13-15-29)16(2)30;/h4-11H,3,12-15H2,1-2H3,(H,25,26,27);1H/p-1. The van der Waals surface area contributed by atoms with Gasteiger partial charge in [0.25, 0.3) is 0 Å². The van der Waals surface area contributed by atoms with Crippen molar-refractivity contribution in [1.29, 1.82) is 0 Å². The fraction of sp³-hybridized carbons (Fsp3) is 0.292. The number of aryl methyl sites for hydroxylation is 1. The number of hydrogen-bond donors (Lipinski definition) is 1. The third-order valence-corrected chi connectivity index (χ3v) is 5.80. The van der Waals surface area contributed by atoms with Gasteiger partial charge >= 0.3 is 0 Å². The molecule has 4 aromatic rings. The molecule has 1 aliphatic heterocycles. The minimum absolute atomic E-state index is 0. The van der Waals surface area contributed by atoms with Crippen LogP contribution in [0.15, 0.2) is 52.9 Å². The second-order valence-corrected chi connectivity index (χ2v) is 7.78. The number of benzene rings is 2. The quantitative estimate of drug-likeness (QED) is 0.506. The van der Waals surface area contributed by atoms with Crippen molar-refractivity contribution >= 4 is 45.2 Å². The highest BCUT2D eigenvalue weighted by Gasteiger charge is 2.19. The second kappa shape index (κ2) is 9.04. The predicted molar refractivity (Wildman–Crippen MR) is 123 cm³/mol. The molecular formula is C24H25ClN5O2-. The molecule has 32 heavy (non-hydrogen) atoms. The Balaban J connectivity index is 0.00000245. The molecule has 1 aliphatic rings. The van der Waals surface area contributed by atoms with Gasteiger partial charge < -0.3 is 31.9 Å². The number of rotatable bonds is 4. The monoisotopic (exact) mass is 450 g/mol. The van der Waals surface area contributed by atoms with Gasteiger partial charge in [-0.1, -0.05) is 19.1 Å². The number of carbonyl (C=O) groups excluding carboxylic acids is 1. The minimum atomic E-state index is 0. The normalized spacial score (nSPS) is 13.9. The summed E-state index contributed by atoms with van der Waals surface area (Å²) in [6.07, 6.45) is 0.745. The van der Waals surface area contributed by atoms with Crippen molar-refractivity contribution < 1.29 is 21.6 Å². The molecule has 0 bridgehead atoms. The van der Waals surface area contributed by atoms with Crippen molar-refractivity contribution in [2.75, 3.05) is 36.4 Å². The van der Waals surface area contributed by atoms with Crippen LogP contribution in [0.5, 0.6) is 0 Å². The second-order valence-electron chi connectivity index (χ2n) is 7.78. The highest BCUT2D eigenvalue weighted by molar-refractivity contribution is 6.06. The van der Waals surface area contributed by atoms with Crippen LogP contribution in [-0.4, -0.2) is 47.0 Å². The summed E-state index contributed by atoms with van der Waals surface area (Å²) in [5.74, 6) is 1.61. The third kappa shape index (κ3) is 4.08. The first-order valence-electron chi connectivity index (χ1n) is 10.7. The molecule has 0 unspecified atom stereocenters. The van der Waals surface area contributed by atoms with Crippen LogP contribution >= 0.6 is 0 Å². The molecule has 2 aromatic carbocycles. The summed E-state index contributed by atoms with van der Waals surface area (Å²) < 4.78 is 6.08. The molecule has 1 N–H and O–H groups in total. The smallest absolute Gasteiger partial charge is 0.219 e. The number of nitrogens with zero attached hydrogens (tertiary/aromatic N) is 4. The van der Waals surface area contributed by atoms with Gasteiger partial charge in [-0.15, -0.1) is 0 Å². The summed E-state index contributed by atoms with van der Waals surface area (Å²) in [7, 11) is 0. The van der Waals surface area contributed by atoms with Crippen molar-refractivity contribution in [3.05, 3.63) is 54.4 Å². The number of hydrogen-bond acceptors (Lipinski definition) is 6. The lowest BCUT2D eigenvalue weighted by atomic mass is 10.2. The van der Waals surface area contributed by atoms with Gasteiger partial charge in [-0.3, -0.25) is 4.79 Å². The molecule has 0 saturated carbocycles. The summed E-state index contributed by atoms with van der Waals surface area (Å²) in [5, 5.41) is 4.42. The molecule has 0 aliphatic carbocycles. The van der Waals surface area contributed by atoms with E-state index in [-0.39, 0.29) is 18.3 Å². The highest BCUT2D eigenvalue weighted by atomic mass is 35.5. The highest BCUT2D eigenvalue weighted by Crippen LogP contribution is 2.33. The van der Waals surface area contributed by atoms with Crippen LogP contribution in [0.4, 0.5) is 17.2 Å². The average Bonchev–Trinajstić information content (AvgIpc) is 3.18. The molecule has 2 aromatic heterocycles. The average molecular weight is 451 g/mol. The minimum Gasteiger partial charge on any atom is -1.00 e. The zero-order valence-electron chi connectivity index (χ0n) is 18.1. The number of nitrogens with one attached hydrogen (secondary N) is 1. The Bertz CT molecular complexity index is 1250. The number of anilines is 3. The molecule has 7 nitrogen and oxygen atoms in total. The summed E-state index contributed by atoms with van der Waals surface area (Å²) >= 11 is 0. The number of amides is 1. The molecule has 5 rings (SSSR count). The molecule has 1 fully saturated rings. The molecule has 3 heterocycles. The first-order chi connectivity index (χ1) is 15.1. The van der Waals surface area contributed by atoms with Crippen LogP contribution in [0, 0.1) is 0 Å². The fourth-order valence-electron chi connectivity index (χ4n) is 4.05. The van der Waals surface area contributed by atoms with Crippen molar-refractivity contribution in [3.63, 3.8) is 0 Å². The van der Waals surface area contributed by atoms with E-state index >= 15 is 0 Å². The third-order valence-electron chi connectivity index (χ3n) is 5.80. The summed E-state index contributed by atoms with van der Waals surface area (Å²) in [4.78, 5) is 25.1. The Kier molecular flexibility index (Phi) is 6.19. The Morgan fingerprint density at radius 3 is 2.44 bits per heavy atom. The number of fused-ring (bicyclic) bond motifs is 3. The number of piperazine rings is 1. The number of carbonyl (C=O) groups is 1. The Morgan fingerprint density at radius 1 is 1.03 bits per heavy atom. The maximum absolute atomic E-state index is 11.5. The number of halogens is 1. The van der Waals surface area contributed by atoms with E-state index in [1.807, 2.05) is 36.1 Å². The van der Waals surface area contributed by atoms with Crippen molar-refractivity contribution in [1.82, 2.24) is 14.9 Å². The molecule has 8 heteroatoms. The zero-order chi connectivity index (χ0) is 21.4. The van der Waals surface area contributed by atoms with E-state index in [4.69, 9.17) is 9.40 Å². The Hall–Kier alpha value is -3.32. The lowest BCUT2D eigenvalue weighted by Gasteiger charge is -2.35. The van der Waals surface area contributed by atoms with Crippen molar-refractivity contribution in [2.24, 2.45) is 0 Å². The maximum atomic E-state index is 11.5. The maximum Gasteiger partial charge on any atom is 0.219 e. The molecule has 166 valence electrons. The number of furan rings is 1. The summed E-state index contributed by atoms with van der Waals surface area (Å²) in [6, 6.07) is 16.2. The summed E-state index contributed by atoms with van der Waals surface area (Å²) in [5.41, 5.74) is 4.41. The van der Waals surface area contributed by atoms with Crippen LogP contribution < -0.4 is 22.6 Å². The number of para-hydroxylation sites is 1. The summed E-state index contributed by atoms with van der Waals surface area (Å²) in [6.45, 7) is 6.90. The van der Waals surface area contributed by atoms with Gasteiger partial charge in [-0.25, -0.2) is 9.97 Å². The van der Waals surface area contributed by atoms with Gasteiger partial charge in [0.2, 0.25) is 5.91 Å². The Morgan fingerprint density at radius 2 is 1.75 bits per heavy atom. The van der Waals surface area contributed by atoms with Gasteiger partial charge in [-0.2, -0.15) is 0 Å². The zero-order valence-corrected chi connectivity index (χ0v) is 18.9. The van der Waals surface area contributed by atoms with Gasteiger partial charge in [0.05, 0.1) is 0 Å². The number of aromatic nitrogens is 2. The van der Waals surface area contributed by atoms with E-state index < -0.39 is 0 Å². The molecule has 0 spiro atoms. The van der Waals surface area contributed by atoms with E-state index in [9.17, 15) is 4.79 Å². The van der Waals surface area contributed by atoms with Gasteiger partial charge in [0.1, 0.15) is 16.9 Å². The van der Waals surface area contributed by atoms with E-state index in [2.05, 4.69) is 39.5 Å². The van der Waals surface area contributed by atoms with Crippen LogP contribution in [0.25, 0.3) is 22.1 Å². The van der Waals surface area contributed by atoms with Crippen molar-refractivity contribution in [3.8, 4) is 0 Å². The molecule has 0 radical (unpaired) electrons. The predicted octanol–water partition coefficient (Wildman–Crippen LogP) is 1.35. The van der Waals surface area contributed by atoms with Crippen LogP contribution in [0.2, 0.25) is 0 Å². The lowest BCUT2D eigenvalue weighted by molar-refractivity contribution is -0.129. The van der Waals surface area contributed by atoms with Crippen molar-refractivity contribution in [2.45, 2.75) is 20.3 Å². The van der Waals surface area contributed by atoms with Crippen LogP contribution in [0.3, 0.4) is 0 Å². The van der Waals surface area contributed by atoms with Gasteiger partial charge in [0, 0.05) is 56.3 Å². The van der Waals surface area contributed by atoms with E-state index in [1.165, 1.54) is 0 Å². The topological polar surface area (TPSA) is 74.5 Å². The fourth-order valence-corrected chi connectivity index (χ4v) is 4.05. The van der Waals surface area contributed by atoms with Crippen LogP contribution in [-0.2, 0) is 11.2 Å². The largest absolute Gasteiger partial charge is 1.00 e. The lowest BCUT2D eigenvalue weighted by Crippen LogP contribution is -3.00. The molecule has 0 atom stereocenters. The SMILES string of the molecule is CCc1nc(Nc2ccc(N3CCN(C(C)=O)CC3)cc2)c2oc3ccccc3c2n1.[Cl-]. The molecular weight excluding hydrogens is 426 g/mol.